The normalized spacial score (nSPS) is 11.0. The Morgan fingerprint density at radius 2 is 1.96 bits per heavy atom. The summed E-state index contributed by atoms with van der Waals surface area (Å²) in [6.45, 7) is 5.13. The Hall–Kier alpha value is -2.36. The zero-order valence-electron chi connectivity index (χ0n) is 14.3. The maximum absolute atomic E-state index is 12.3. The van der Waals surface area contributed by atoms with E-state index in [0.717, 1.165) is 29.7 Å². The van der Waals surface area contributed by atoms with Crippen molar-refractivity contribution in [1.82, 2.24) is 5.32 Å². The molecule has 0 fully saturated rings. The lowest BCUT2D eigenvalue weighted by Gasteiger charge is -2.14. The maximum atomic E-state index is 12.3. The zero-order valence-corrected chi connectivity index (χ0v) is 14.3. The highest BCUT2D eigenvalue weighted by Gasteiger charge is 2.13. The van der Waals surface area contributed by atoms with Crippen molar-refractivity contribution in [1.29, 1.82) is 5.26 Å². The molecule has 0 saturated heterocycles. The van der Waals surface area contributed by atoms with E-state index < -0.39 is 5.91 Å². The number of aliphatic hydroxyl groups excluding tert-OH is 1. The van der Waals surface area contributed by atoms with Crippen molar-refractivity contribution in [3.05, 3.63) is 41.1 Å². The minimum absolute atomic E-state index is 0.00474. The van der Waals surface area contributed by atoms with Crippen LogP contribution in [0, 0.1) is 11.3 Å². The molecule has 6 heteroatoms. The second-order valence-electron chi connectivity index (χ2n) is 5.07. The summed E-state index contributed by atoms with van der Waals surface area (Å²) >= 11 is 0. The second-order valence-corrected chi connectivity index (χ2v) is 5.07. The number of rotatable bonds is 10. The van der Waals surface area contributed by atoms with Crippen LogP contribution in [0.4, 0.5) is 5.69 Å². The molecule has 0 radical (unpaired) electrons. The maximum Gasteiger partial charge on any atom is 0.267 e. The first-order valence-corrected chi connectivity index (χ1v) is 8.12. The minimum atomic E-state index is -0.433. The van der Waals surface area contributed by atoms with Crippen LogP contribution in [0.25, 0.3) is 0 Å². The van der Waals surface area contributed by atoms with Gasteiger partial charge < -0.3 is 20.5 Å². The number of nitriles is 1. The molecule has 0 heterocycles. The van der Waals surface area contributed by atoms with E-state index in [4.69, 9.17) is 9.84 Å². The average Bonchev–Trinajstić information content (AvgIpc) is 2.61. The fourth-order valence-corrected chi connectivity index (χ4v) is 2.20. The molecule has 0 saturated carbocycles. The Morgan fingerprint density at radius 1 is 1.29 bits per heavy atom. The largest absolute Gasteiger partial charge is 0.394 e. The lowest BCUT2D eigenvalue weighted by atomic mass is 10.0. The zero-order chi connectivity index (χ0) is 17.8. The molecule has 1 aromatic carbocycles. The highest BCUT2D eigenvalue weighted by Crippen LogP contribution is 2.23. The predicted octanol–water partition coefficient (Wildman–Crippen LogP) is 1.76. The highest BCUT2D eigenvalue weighted by molar-refractivity contribution is 6.07. The Morgan fingerprint density at radius 3 is 2.50 bits per heavy atom. The van der Waals surface area contributed by atoms with Gasteiger partial charge in [0.25, 0.3) is 5.91 Å². The van der Waals surface area contributed by atoms with Crippen molar-refractivity contribution in [2.45, 2.75) is 26.7 Å². The monoisotopic (exact) mass is 331 g/mol. The van der Waals surface area contributed by atoms with E-state index in [-0.39, 0.29) is 18.8 Å². The average molecular weight is 331 g/mol. The number of amides is 1. The lowest BCUT2D eigenvalue weighted by Crippen LogP contribution is -2.20. The molecule has 0 bridgehead atoms. The van der Waals surface area contributed by atoms with Gasteiger partial charge in [-0.05, 0) is 24.0 Å². The van der Waals surface area contributed by atoms with E-state index >= 15 is 0 Å². The minimum Gasteiger partial charge on any atom is -0.394 e. The number of para-hydroxylation sites is 1. The number of hydrogen-bond donors (Lipinski definition) is 3. The summed E-state index contributed by atoms with van der Waals surface area (Å²) in [6.07, 6.45) is 2.99. The number of carbonyl (C=O) groups excluding carboxylic acids is 1. The van der Waals surface area contributed by atoms with Gasteiger partial charge >= 0.3 is 0 Å². The van der Waals surface area contributed by atoms with Gasteiger partial charge in [-0.15, -0.1) is 0 Å². The van der Waals surface area contributed by atoms with Crippen molar-refractivity contribution >= 4 is 11.6 Å². The van der Waals surface area contributed by atoms with Crippen LogP contribution >= 0.6 is 0 Å². The third kappa shape index (κ3) is 6.03. The molecule has 1 aromatic rings. The quantitative estimate of drug-likeness (QED) is 0.345. The topological polar surface area (TPSA) is 94.4 Å². The number of nitrogens with one attached hydrogen (secondary N) is 2. The van der Waals surface area contributed by atoms with Gasteiger partial charge in [0.15, 0.2) is 0 Å². The molecule has 1 amide bonds. The van der Waals surface area contributed by atoms with Gasteiger partial charge in [0.2, 0.25) is 0 Å². The molecular formula is C18H25N3O3. The number of benzene rings is 1. The second kappa shape index (κ2) is 11.2. The van der Waals surface area contributed by atoms with Crippen molar-refractivity contribution in [2.75, 3.05) is 31.7 Å². The number of anilines is 1. The molecule has 130 valence electrons. The number of aliphatic hydroxyl groups is 1. The summed E-state index contributed by atoms with van der Waals surface area (Å²) in [7, 11) is 0. The number of hydrogen-bond acceptors (Lipinski definition) is 5. The van der Waals surface area contributed by atoms with Crippen LogP contribution in [0.15, 0.2) is 30.0 Å². The molecule has 0 unspecified atom stereocenters. The first kappa shape index (κ1) is 19.7. The molecule has 3 N–H and O–H groups in total. The van der Waals surface area contributed by atoms with Gasteiger partial charge in [-0.3, -0.25) is 4.79 Å². The van der Waals surface area contributed by atoms with Crippen LogP contribution in [0.5, 0.6) is 0 Å². The summed E-state index contributed by atoms with van der Waals surface area (Å²) in [5.41, 5.74) is 2.89. The van der Waals surface area contributed by atoms with Crippen molar-refractivity contribution in [3.8, 4) is 6.07 Å². The van der Waals surface area contributed by atoms with E-state index in [1.54, 1.807) is 0 Å². The molecule has 0 aliphatic carbocycles. The van der Waals surface area contributed by atoms with E-state index in [0.29, 0.717) is 13.2 Å². The first-order valence-electron chi connectivity index (χ1n) is 8.12. The highest BCUT2D eigenvalue weighted by atomic mass is 16.5. The van der Waals surface area contributed by atoms with Crippen LogP contribution in [-0.2, 0) is 22.4 Å². The predicted molar refractivity (Wildman–Crippen MR) is 93.4 cm³/mol. The molecule has 0 aliphatic rings. The third-order valence-corrected chi connectivity index (χ3v) is 3.48. The van der Waals surface area contributed by atoms with Crippen LogP contribution < -0.4 is 10.6 Å². The molecule has 0 aliphatic heterocycles. The fraction of sp³-hybridized carbons (Fsp3) is 0.444. The first-order chi connectivity index (χ1) is 11.7. The number of carbonyl (C=O) groups is 1. The molecule has 6 nitrogen and oxygen atoms in total. The van der Waals surface area contributed by atoms with Crippen molar-refractivity contribution < 1.29 is 14.6 Å². The molecule has 1 rings (SSSR count). The number of aryl methyl sites for hydroxylation is 2. The fourth-order valence-electron chi connectivity index (χ4n) is 2.20. The summed E-state index contributed by atoms with van der Waals surface area (Å²) in [4.78, 5) is 12.3. The van der Waals surface area contributed by atoms with E-state index in [1.807, 2.05) is 38.1 Å². The van der Waals surface area contributed by atoms with Gasteiger partial charge in [-0.25, -0.2) is 0 Å². The Bertz CT molecular complexity index is 584. The SMILES string of the molecule is CCc1cccc(CC)c1NC(=O)/C(C#N)=C\NCCOCCO. The Balaban J connectivity index is 2.73. The van der Waals surface area contributed by atoms with Crippen LogP contribution in [0.1, 0.15) is 25.0 Å². The molecule has 0 atom stereocenters. The molecule has 24 heavy (non-hydrogen) atoms. The van der Waals surface area contributed by atoms with Gasteiger partial charge in [0.05, 0.1) is 19.8 Å². The van der Waals surface area contributed by atoms with Crippen LogP contribution in [0.3, 0.4) is 0 Å². The summed E-state index contributed by atoms with van der Waals surface area (Å²) < 4.78 is 5.09. The van der Waals surface area contributed by atoms with E-state index in [2.05, 4.69) is 10.6 Å². The van der Waals surface area contributed by atoms with E-state index in [1.165, 1.54) is 6.20 Å². The number of nitrogens with zero attached hydrogens (tertiary/aromatic N) is 1. The van der Waals surface area contributed by atoms with Gasteiger partial charge in [-0.2, -0.15) is 5.26 Å². The summed E-state index contributed by atoms with van der Waals surface area (Å²) in [5.74, 6) is -0.433. The summed E-state index contributed by atoms with van der Waals surface area (Å²) in [6, 6.07) is 7.83. The standard InChI is InChI=1S/C18H25N3O3/c1-3-14-6-5-7-15(4-2)17(14)21-18(23)16(12-19)13-20-8-10-24-11-9-22/h5-7,13,20,22H,3-4,8-11H2,1-2H3,(H,21,23)/b16-13-. The van der Waals surface area contributed by atoms with Gasteiger partial charge in [0, 0.05) is 18.4 Å². The third-order valence-electron chi connectivity index (χ3n) is 3.48. The van der Waals surface area contributed by atoms with Crippen LogP contribution in [-0.4, -0.2) is 37.4 Å². The molecule has 0 aromatic heterocycles. The van der Waals surface area contributed by atoms with Gasteiger partial charge in [0.1, 0.15) is 11.6 Å². The smallest absolute Gasteiger partial charge is 0.267 e. The lowest BCUT2D eigenvalue weighted by molar-refractivity contribution is -0.112. The summed E-state index contributed by atoms with van der Waals surface area (Å²) in [5, 5.41) is 23.5. The Kier molecular flexibility index (Phi) is 9.20. The molecular weight excluding hydrogens is 306 g/mol. The van der Waals surface area contributed by atoms with Gasteiger partial charge in [-0.1, -0.05) is 32.0 Å². The van der Waals surface area contributed by atoms with E-state index in [9.17, 15) is 10.1 Å². The number of ether oxygens (including phenoxy) is 1. The van der Waals surface area contributed by atoms with Crippen molar-refractivity contribution in [3.63, 3.8) is 0 Å². The van der Waals surface area contributed by atoms with Crippen LogP contribution in [0.2, 0.25) is 0 Å². The van der Waals surface area contributed by atoms with Crippen molar-refractivity contribution in [2.24, 2.45) is 0 Å². The Labute approximate surface area is 143 Å². The molecule has 0 spiro atoms.